The van der Waals surface area contributed by atoms with E-state index in [2.05, 4.69) is 24.9 Å². The molecular weight excluding hydrogens is 250 g/mol. The lowest BCUT2D eigenvalue weighted by molar-refractivity contribution is 0.0693. The predicted octanol–water partition coefficient (Wildman–Crippen LogP) is 3.34. The molecule has 0 aliphatic carbocycles. The first-order valence-electron chi connectivity index (χ1n) is 7.53. The SMILES string of the molecule is Cc1cc(C)c(C2CC3CC[C@@H](C2)N3C)c(C(=O)O)c1. The number of hydrogen-bond acceptors (Lipinski definition) is 2. The molecular formula is C17H23NO2. The zero-order valence-corrected chi connectivity index (χ0v) is 12.5. The Morgan fingerprint density at radius 1 is 1.20 bits per heavy atom. The Balaban J connectivity index is 2.00. The molecule has 1 aromatic carbocycles. The summed E-state index contributed by atoms with van der Waals surface area (Å²) < 4.78 is 0. The lowest BCUT2D eigenvalue weighted by atomic mass is 9.80. The fraction of sp³-hybridized carbons (Fsp3) is 0.588. The number of aromatic carboxylic acids is 1. The Morgan fingerprint density at radius 3 is 2.35 bits per heavy atom. The highest BCUT2D eigenvalue weighted by Crippen LogP contribution is 2.44. The summed E-state index contributed by atoms with van der Waals surface area (Å²) in [5.41, 5.74) is 3.81. The summed E-state index contributed by atoms with van der Waals surface area (Å²) in [6.07, 6.45) is 4.75. The van der Waals surface area contributed by atoms with Crippen molar-refractivity contribution in [2.75, 3.05) is 7.05 Å². The second-order valence-electron chi connectivity index (χ2n) is 6.57. The van der Waals surface area contributed by atoms with Gasteiger partial charge in [-0.15, -0.1) is 0 Å². The van der Waals surface area contributed by atoms with Gasteiger partial charge in [0, 0.05) is 12.1 Å². The van der Waals surface area contributed by atoms with Crippen LogP contribution in [0.5, 0.6) is 0 Å². The third-order valence-electron chi connectivity index (χ3n) is 5.27. The van der Waals surface area contributed by atoms with Crippen molar-refractivity contribution >= 4 is 5.97 Å². The molecule has 0 radical (unpaired) electrons. The van der Waals surface area contributed by atoms with Gasteiger partial charge in [0.05, 0.1) is 5.56 Å². The Labute approximate surface area is 120 Å². The summed E-state index contributed by atoms with van der Waals surface area (Å²) >= 11 is 0. The average Bonchev–Trinajstić information content (AvgIpc) is 2.61. The number of carbonyl (C=O) groups is 1. The third kappa shape index (κ3) is 2.14. The van der Waals surface area contributed by atoms with Gasteiger partial charge in [0.15, 0.2) is 0 Å². The van der Waals surface area contributed by atoms with E-state index in [1.165, 1.54) is 12.8 Å². The number of hydrogen-bond donors (Lipinski definition) is 1. The van der Waals surface area contributed by atoms with E-state index in [0.717, 1.165) is 29.5 Å². The van der Waals surface area contributed by atoms with Gasteiger partial charge in [0.2, 0.25) is 0 Å². The molecule has 2 saturated heterocycles. The second kappa shape index (κ2) is 4.88. The summed E-state index contributed by atoms with van der Waals surface area (Å²) in [5.74, 6) is -0.367. The van der Waals surface area contributed by atoms with Crippen LogP contribution in [-0.2, 0) is 0 Å². The first-order valence-corrected chi connectivity index (χ1v) is 7.53. The maximum atomic E-state index is 11.6. The summed E-state index contributed by atoms with van der Waals surface area (Å²) in [5, 5.41) is 9.53. The van der Waals surface area contributed by atoms with Crippen LogP contribution in [-0.4, -0.2) is 35.1 Å². The summed E-state index contributed by atoms with van der Waals surface area (Å²) in [6, 6.07) is 5.24. The molecule has 3 rings (SSSR count). The predicted molar refractivity (Wildman–Crippen MR) is 79.4 cm³/mol. The molecule has 2 aliphatic rings. The van der Waals surface area contributed by atoms with Crippen LogP contribution in [0.3, 0.4) is 0 Å². The minimum atomic E-state index is -0.780. The maximum absolute atomic E-state index is 11.6. The molecule has 3 nitrogen and oxygen atoms in total. The van der Waals surface area contributed by atoms with Gasteiger partial charge in [0.25, 0.3) is 0 Å². The lowest BCUT2D eigenvalue weighted by Crippen LogP contribution is -2.39. The van der Waals surface area contributed by atoms with Crippen LogP contribution in [0.15, 0.2) is 12.1 Å². The van der Waals surface area contributed by atoms with Gasteiger partial charge in [0.1, 0.15) is 0 Å². The normalized spacial score (nSPS) is 29.6. The molecule has 1 N–H and O–H groups in total. The first-order chi connectivity index (χ1) is 9.47. The van der Waals surface area contributed by atoms with Gasteiger partial charge in [-0.05, 0) is 75.3 Å². The molecule has 2 unspecified atom stereocenters. The number of benzene rings is 1. The minimum absolute atomic E-state index is 0.412. The summed E-state index contributed by atoms with van der Waals surface area (Å²) in [7, 11) is 2.22. The molecule has 2 aliphatic heterocycles. The van der Waals surface area contributed by atoms with Crippen LogP contribution in [0.25, 0.3) is 0 Å². The van der Waals surface area contributed by atoms with E-state index in [9.17, 15) is 9.90 Å². The van der Waals surface area contributed by atoms with Crippen LogP contribution in [0, 0.1) is 13.8 Å². The van der Waals surface area contributed by atoms with Crippen LogP contribution in [0.4, 0.5) is 0 Å². The molecule has 0 spiro atoms. The number of nitrogens with zero attached hydrogens (tertiary/aromatic N) is 1. The van der Waals surface area contributed by atoms with Crippen LogP contribution in [0.2, 0.25) is 0 Å². The van der Waals surface area contributed by atoms with Crippen LogP contribution in [0.1, 0.15) is 58.6 Å². The molecule has 2 heterocycles. The van der Waals surface area contributed by atoms with E-state index < -0.39 is 5.97 Å². The lowest BCUT2D eigenvalue weighted by Gasteiger charge is -2.37. The third-order valence-corrected chi connectivity index (χ3v) is 5.27. The number of carboxylic acid groups (broad SMARTS) is 1. The quantitative estimate of drug-likeness (QED) is 0.898. The van der Waals surface area contributed by atoms with E-state index >= 15 is 0 Å². The number of rotatable bonds is 2. The Bertz CT molecular complexity index is 538. The number of piperidine rings is 1. The summed E-state index contributed by atoms with van der Waals surface area (Å²) in [4.78, 5) is 14.1. The molecule has 2 fully saturated rings. The number of carboxylic acids is 1. The number of aryl methyl sites for hydroxylation is 2. The van der Waals surface area contributed by atoms with Gasteiger partial charge in [-0.2, -0.15) is 0 Å². The zero-order chi connectivity index (χ0) is 14.4. The van der Waals surface area contributed by atoms with Gasteiger partial charge in [-0.25, -0.2) is 4.79 Å². The number of fused-ring (bicyclic) bond motifs is 2. The molecule has 1 aromatic rings. The van der Waals surface area contributed by atoms with E-state index in [1.807, 2.05) is 13.0 Å². The monoisotopic (exact) mass is 273 g/mol. The van der Waals surface area contributed by atoms with Crippen molar-refractivity contribution < 1.29 is 9.90 Å². The van der Waals surface area contributed by atoms with Gasteiger partial charge in [-0.3, -0.25) is 0 Å². The molecule has 3 heteroatoms. The van der Waals surface area contributed by atoms with E-state index in [0.29, 0.717) is 23.6 Å². The second-order valence-corrected chi connectivity index (χ2v) is 6.57. The summed E-state index contributed by atoms with van der Waals surface area (Å²) in [6.45, 7) is 4.04. The first kappa shape index (κ1) is 13.6. The highest BCUT2D eigenvalue weighted by molar-refractivity contribution is 5.90. The van der Waals surface area contributed by atoms with Crippen LogP contribution < -0.4 is 0 Å². The largest absolute Gasteiger partial charge is 0.478 e. The Kier molecular flexibility index (Phi) is 3.33. The van der Waals surface area contributed by atoms with E-state index in [4.69, 9.17) is 0 Å². The molecule has 0 amide bonds. The smallest absolute Gasteiger partial charge is 0.335 e. The maximum Gasteiger partial charge on any atom is 0.335 e. The minimum Gasteiger partial charge on any atom is -0.478 e. The van der Waals surface area contributed by atoms with Crippen molar-refractivity contribution in [2.45, 2.75) is 57.5 Å². The molecule has 108 valence electrons. The average molecular weight is 273 g/mol. The van der Waals surface area contributed by atoms with Gasteiger partial charge in [-0.1, -0.05) is 6.07 Å². The molecule has 20 heavy (non-hydrogen) atoms. The van der Waals surface area contributed by atoms with Gasteiger partial charge >= 0.3 is 5.97 Å². The Morgan fingerprint density at radius 2 is 1.80 bits per heavy atom. The van der Waals surface area contributed by atoms with Crippen molar-refractivity contribution in [1.82, 2.24) is 4.90 Å². The molecule has 0 saturated carbocycles. The highest BCUT2D eigenvalue weighted by atomic mass is 16.4. The van der Waals surface area contributed by atoms with Crippen molar-refractivity contribution in [2.24, 2.45) is 0 Å². The van der Waals surface area contributed by atoms with Gasteiger partial charge < -0.3 is 10.0 Å². The fourth-order valence-electron chi connectivity index (χ4n) is 4.34. The molecule has 3 atom stereocenters. The van der Waals surface area contributed by atoms with Crippen molar-refractivity contribution in [3.63, 3.8) is 0 Å². The van der Waals surface area contributed by atoms with E-state index in [1.54, 1.807) is 0 Å². The fourth-order valence-corrected chi connectivity index (χ4v) is 4.34. The van der Waals surface area contributed by atoms with Crippen LogP contribution >= 0.6 is 0 Å². The van der Waals surface area contributed by atoms with Crippen molar-refractivity contribution in [1.29, 1.82) is 0 Å². The topological polar surface area (TPSA) is 40.5 Å². The standard InChI is InChI=1S/C17H23NO2/c1-10-6-11(2)16(15(7-10)17(19)20)12-8-13-4-5-14(9-12)18(13)3/h6-7,12-14H,4-5,8-9H2,1-3H3,(H,19,20)/t12?,13-,14?/m0/s1. The van der Waals surface area contributed by atoms with Crippen molar-refractivity contribution in [3.05, 3.63) is 34.4 Å². The Hall–Kier alpha value is -1.35. The highest BCUT2D eigenvalue weighted by Gasteiger charge is 2.40. The molecule has 0 aromatic heterocycles. The van der Waals surface area contributed by atoms with Crippen molar-refractivity contribution in [3.8, 4) is 0 Å². The zero-order valence-electron chi connectivity index (χ0n) is 12.5. The molecule has 2 bridgehead atoms. The van der Waals surface area contributed by atoms with E-state index in [-0.39, 0.29) is 0 Å².